The van der Waals surface area contributed by atoms with Gasteiger partial charge >= 0.3 is 0 Å². The van der Waals surface area contributed by atoms with Gasteiger partial charge in [0.1, 0.15) is 5.75 Å². The van der Waals surface area contributed by atoms with Crippen molar-refractivity contribution in [3.05, 3.63) is 65.2 Å². The van der Waals surface area contributed by atoms with Crippen molar-refractivity contribution in [3.63, 3.8) is 0 Å². The van der Waals surface area contributed by atoms with Crippen LogP contribution in [0, 0.1) is 6.92 Å². The van der Waals surface area contributed by atoms with Crippen LogP contribution in [0.15, 0.2) is 48.5 Å². The van der Waals surface area contributed by atoms with E-state index in [0.29, 0.717) is 5.75 Å². The van der Waals surface area contributed by atoms with E-state index >= 15 is 0 Å². The van der Waals surface area contributed by atoms with Crippen LogP contribution in [0.4, 0.5) is 0 Å². The molecule has 0 saturated carbocycles. The molecule has 0 aliphatic heterocycles. The van der Waals surface area contributed by atoms with E-state index in [-0.39, 0.29) is 12.1 Å². The predicted octanol–water partition coefficient (Wildman–Crippen LogP) is 4.11. The van der Waals surface area contributed by atoms with Crippen LogP contribution in [0.1, 0.15) is 42.6 Å². The van der Waals surface area contributed by atoms with E-state index in [0.717, 1.165) is 5.56 Å². The van der Waals surface area contributed by atoms with Crippen molar-refractivity contribution in [1.29, 1.82) is 0 Å². The first-order valence-electron chi connectivity index (χ1n) is 6.69. The zero-order valence-corrected chi connectivity index (χ0v) is 11.7. The van der Waals surface area contributed by atoms with Crippen LogP contribution in [-0.4, -0.2) is 5.11 Å². The van der Waals surface area contributed by atoms with Gasteiger partial charge < -0.3 is 10.4 Å². The molecule has 0 fully saturated rings. The molecule has 2 heteroatoms. The SMILES string of the molecule is Cc1ccccc1[C@H](C)NC(C)c1ccccc1O. The van der Waals surface area contributed by atoms with Crippen molar-refractivity contribution in [3.8, 4) is 5.75 Å². The molecule has 0 spiro atoms. The second kappa shape index (κ2) is 5.89. The summed E-state index contributed by atoms with van der Waals surface area (Å²) in [6.07, 6.45) is 0. The number of rotatable bonds is 4. The summed E-state index contributed by atoms with van der Waals surface area (Å²) in [7, 11) is 0. The maximum Gasteiger partial charge on any atom is 0.120 e. The number of hydrogen-bond donors (Lipinski definition) is 2. The first-order valence-corrected chi connectivity index (χ1v) is 6.69. The molecule has 100 valence electrons. The standard InChI is InChI=1S/C17H21NO/c1-12-8-4-5-9-15(12)13(2)18-14(3)16-10-6-7-11-17(16)19/h4-11,13-14,18-19H,1-3H3/t13-,14?/m0/s1. The molecule has 2 aromatic rings. The Kier molecular flexibility index (Phi) is 4.23. The largest absolute Gasteiger partial charge is 0.508 e. The summed E-state index contributed by atoms with van der Waals surface area (Å²) in [6, 6.07) is 16.2. The molecule has 0 heterocycles. The van der Waals surface area contributed by atoms with Crippen LogP contribution < -0.4 is 5.32 Å². The van der Waals surface area contributed by atoms with Crippen molar-refractivity contribution >= 4 is 0 Å². The fourth-order valence-corrected chi connectivity index (χ4v) is 2.48. The Morgan fingerprint density at radius 3 is 2.00 bits per heavy atom. The van der Waals surface area contributed by atoms with Crippen molar-refractivity contribution < 1.29 is 5.11 Å². The van der Waals surface area contributed by atoms with E-state index < -0.39 is 0 Å². The van der Waals surface area contributed by atoms with Crippen LogP contribution in [0.2, 0.25) is 0 Å². The number of aromatic hydroxyl groups is 1. The number of phenols is 1. The number of aryl methyl sites for hydroxylation is 1. The monoisotopic (exact) mass is 255 g/mol. The van der Waals surface area contributed by atoms with E-state index in [1.807, 2.05) is 18.2 Å². The number of benzene rings is 2. The third-order valence-electron chi connectivity index (χ3n) is 3.56. The highest BCUT2D eigenvalue weighted by atomic mass is 16.3. The zero-order chi connectivity index (χ0) is 13.8. The first kappa shape index (κ1) is 13.6. The second-order valence-corrected chi connectivity index (χ2v) is 5.03. The van der Waals surface area contributed by atoms with E-state index in [1.54, 1.807) is 6.07 Å². The van der Waals surface area contributed by atoms with Crippen LogP contribution >= 0.6 is 0 Å². The van der Waals surface area contributed by atoms with Crippen LogP contribution in [0.5, 0.6) is 5.75 Å². The summed E-state index contributed by atoms with van der Waals surface area (Å²) in [4.78, 5) is 0. The molecular formula is C17H21NO. The van der Waals surface area contributed by atoms with Crippen molar-refractivity contribution in [2.45, 2.75) is 32.9 Å². The molecule has 0 aliphatic rings. The highest BCUT2D eigenvalue weighted by molar-refractivity contribution is 5.35. The molecule has 2 N–H and O–H groups in total. The van der Waals surface area contributed by atoms with Gasteiger partial charge in [-0.3, -0.25) is 0 Å². The Labute approximate surface area is 115 Å². The minimum atomic E-state index is 0.107. The summed E-state index contributed by atoms with van der Waals surface area (Å²) >= 11 is 0. The number of phenolic OH excluding ortho intramolecular Hbond substituents is 1. The molecule has 2 nitrogen and oxygen atoms in total. The lowest BCUT2D eigenvalue weighted by molar-refractivity contribution is 0.438. The van der Waals surface area contributed by atoms with Gasteiger partial charge in [-0.15, -0.1) is 0 Å². The van der Waals surface area contributed by atoms with Gasteiger partial charge in [0, 0.05) is 17.6 Å². The Balaban J connectivity index is 2.13. The summed E-state index contributed by atoms with van der Waals surface area (Å²) < 4.78 is 0. The fraction of sp³-hybridized carbons (Fsp3) is 0.294. The molecule has 0 radical (unpaired) electrons. The molecule has 19 heavy (non-hydrogen) atoms. The molecule has 0 amide bonds. The van der Waals surface area contributed by atoms with Gasteiger partial charge in [-0.25, -0.2) is 0 Å². The molecule has 0 aromatic heterocycles. The third kappa shape index (κ3) is 3.15. The van der Waals surface area contributed by atoms with Crippen LogP contribution in [0.3, 0.4) is 0 Å². The number of nitrogens with one attached hydrogen (secondary N) is 1. The minimum Gasteiger partial charge on any atom is -0.508 e. The summed E-state index contributed by atoms with van der Waals surface area (Å²) in [5.41, 5.74) is 3.51. The molecular weight excluding hydrogens is 234 g/mol. The highest BCUT2D eigenvalue weighted by Crippen LogP contribution is 2.26. The van der Waals surface area contributed by atoms with E-state index in [9.17, 15) is 5.11 Å². The van der Waals surface area contributed by atoms with E-state index in [1.165, 1.54) is 11.1 Å². The number of para-hydroxylation sites is 1. The average molecular weight is 255 g/mol. The molecule has 2 atom stereocenters. The van der Waals surface area contributed by atoms with E-state index in [2.05, 4.69) is 50.4 Å². The third-order valence-corrected chi connectivity index (χ3v) is 3.56. The molecule has 0 bridgehead atoms. The summed E-state index contributed by atoms with van der Waals surface area (Å²) in [5.74, 6) is 0.347. The smallest absolute Gasteiger partial charge is 0.120 e. The average Bonchev–Trinajstić information content (AvgIpc) is 2.39. The summed E-state index contributed by atoms with van der Waals surface area (Å²) in [5, 5.41) is 13.4. The van der Waals surface area contributed by atoms with E-state index in [4.69, 9.17) is 0 Å². The van der Waals surface area contributed by atoms with Gasteiger partial charge in [0.05, 0.1) is 0 Å². The quantitative estimate of drug-likeness (QED) is 0.861. The number of hydrogen-bond acceptors (Lipinski definition) is 2. The lowest BCUT2D eigenvalue weighted by Crippen LogP contribution is -2.23. The van der Waals surface area contributed by atoms with Crippen molar-refractivity contribution in [2.75, 3.05) is 0 Å². The fourth-order valence-electron chi connectivity index (χ4n) is 2.48. The molecule has 2 rings (SSSR count). The van der Waals surface area contributed by atoms with Gasteiger partial charge in [0.25, 0.3) is 0 Å². The Bertz CT molecular complexity index is 501. The van der Waals surface area contributed by atoms with Gasteiger partial charge in [0.15, 0.2) is 0 Å². The topological polar surface area (TPSA) is 32.3 Å². The zero-order valence-electron chi connectivity index (χ0n) is 11.7. The molecule has 0 aliphatic carbocycles. The molecule has 1 unspecified atom stereocenters. The van der Waals surface area contributed by atoms with Crippen LogP contribution in [0.25, 0.3) is 0 Å². The lowest BCUT2D eigenvalue weighted by Gasteiger charge is -2.22. The Hall–Kier alpha value is -1.80. The van der Waals surface area contributed by atoms with Gasteiger partial charge in [-0.05, 0) is 38.0 Å². The summed E-state index contributed by atoms with van der Waals surface area (Å²) in [6.45, 7) is 6.35. The van der Waals surface area contributed by atoms with Gasteiger partial charge in [-0.1, -0.05) is 42.5 Å². The molecule has 0 saturated heterocycles. The predicted molar refractivity (Wildman–Crippen MR) is 79.3 cm³/mol. The Morgan fingerprint density at radius 2 is 1.37 bits per heavy atom. The first-order chi connectivity index (χ1) is 9.09. The van der Waals surface area contributed by atoms with Gasteiger partial charge in [0.2, 0.25) is 0 Å². The van der Waals surface area contributed by atoms with Crippen molar-refractivity contribution in [1.82, 2.24) is 5.32 Å². The highest BCUT2D eigenvalue weighted by Gasteiger charge is 2.14. The van der Waals surface area contributed by atoms with Gasteiger partial charge in [-0.2, -0.15) is 0 Å². The minimum absolute atomic E-state index is 0.107. The normalized spacial score (nSPS) is 14.1. The lowest BCUT2D eigenvalue weighted by atomic mass is 10.0. The maximum absolute atomic E-state index is 9.88. The second-order valence-electron chi connectivity index (χ2n) is 5.03. The van der Waals surface area contributed by atoms with Crippen LogP contribution in [-0.2, 0) is 0 Å². The molecule has 2 aromatic carbocycles. The van der Waals surface area contributed by atoms with Crippen molar-refractivity contribution in [2.24, 2.45) is 0 Å². The Morgan fingerprint density at radius 1 is 0.842 bits per heavy atom. The maximum atomic E-state index is 9.88.